The van der Waals surface area contributed by atoms with Gasteiger partial charge in [-0.3, -0.25) is 9.69 Å². The molecule has 5 nitrogen and oxygen atoms in total. The maximum absolute atomic E-state index is 12.4. The van der Waals surface area contributed by atoms with Gasteiger partial charge in [-0.15, -0.1) is 0 Å². The number of alkyl halides is 2. The van der Waals surface area contributed by atoms with E-state index in [4.69, 9.17) is 9.84 Å². The minimum absolute atomic E-state index is 0.0773. The lowest BCUT2D eigenvalue weighted by atomic mass is 10.0. The van der Waals surface area contributed by atoms with Gasteiger partial charge in [0.15, 0.2) is 11.5 Å². The Bertz CT molecular complexity index is 506. The number of hydrogen-bond donors (Lipinski definition) is 1. The van der Waals surface area contributed by atoms with Gasteiger partial charge in [-0.25, -0.2) is 0 Å². The second-order valence-corrected chi connectivity index (χ2v) is 5.08. The molecule has 0 spiro atoms. The number of carboxylic acid groups (broad SMARTS) is 1. The van der Waals surface area contributed by atoms with Gasteiger partial charge in [-0.2, -0.15) is 8.78 Å². The van der Waals surface area contributed by atoms with E-state index in [1.165, 1.54) is 19.2 Å². The van der Waals surface area contributed by atoms with E-state index in [1.54, 1.807) is 31.9 Å². The summed E-state index contributed by atoms with van der Waals surface area (Å²) in [7, 11) is 3.00. The molecule has 0 fully saturated rings. The SMILES string of the molecule is COc1ccc(CN(C)C(C)(C)C(=O)O)cc1OC(F)F. The number of rotatable bonds is 7. The van der Waals surface area contributed by atoms with Crippen LogP contribution in [0.2, 0.25) is 0 Å². The average molecular weight is 303 g/mol. The molecule has 21 heavy (non-hydrogen) atoms. The summed E-state index contributed by atoms with van der Waals surface area (Å²) in [5.74, 6) is -0.853. The third-order valence-electron chi connectivity index (χ3n) is 3.34. The van der Waals surface area contributed by atoms with Crippen molar-refractivity contribution in [1.29, 1.82) is 0 Å². The average Bonchev–Trinajstić information content (AvgIpc) is 2.38. The molecule has 0 unspecified atom stereocenters. The van der Waals surface area contributed by atoms with E-state index < -0.39 is 18.1 Å². The molecule has 0 aliphatic heterocycles. The van der Waals surface area contributed by atoms with Crippen LogP contribution in [-0.2, 0) is 11.3 Å². The molecule has 1 N–H and O–H groups in total. The Labute approximate surface area is 122 Å². The Kier molecular flexibility index (Phi) is 5.48. The van der Waals surface area contributed by atoms with Gasteiger partial charge in [0.1, 0.15) is 5.54 Å². The Balaban J connectivity index is 2.97. The molecule has 1 rings (SSSR count). The van der Waals surface area contributed by atoms with Crippen molar-refractivity contribution in [3.05, 3.63) is 23.8 Å². The van der Waals surface area contributed by atoms with Crippen molar-refractivity contribution in [2.45, 2.75) is 32.5 Å². The highest BCUT2D eigenvalue weighted by molar-refractivity contribution is 5.77. The topological polar surface area (TPSA) is 59.0 Å². The number of likely N-dealkylation sites (N-methyl/N-ethyl adjacent to an activating group) is 1. The second kappa shape index (κ2) is 6.71. The fraction of sp³-hybridized carbons (Fsp3) is 0.500. The summed E-state index contributed by atoms with van der Waals surface area (Å²) in [5, 5.41) is 9.16. The highest BCUT2D eigenvalue weighted by atomic mass is 19.3. The Morgan fingerprint density at radius 3 is 2.48 bits per heavy atom. The zero-order valence-electron chi connectivity index (χ0n) is 12.4. The van der Waals surface area contributed by atoms with Gasteiger partial charge in [0.2, 0.25) is 0 Å². The van der Waals surface area contributed by atoms with E-state index in [2.05, 4.69) is 4.74 Å². The smallest absolute Gasteiger partial charge is 0.387 e. The van der Waals surface area contributed by atoms with Crippen LogP contribution in [0.15, 0.2) is 18.2 Å². The van der Waals surface area contributed by atoms with Crippen LogP contribution in [0.1, 0.15) is 19.4 Å². The summed E-state index contributed by atoms with van der Waals surface area (Å²) in [6, 6.07) is 4.60. The van der Waals surface area contributed by atoms with E-state index in [0.29, 0.717) is 5.56 Å². The van der Waals surface area contributed by atoms with E-state index in [9.17, 15) is 13.6 Å². The molecule has 7 heteroatoms. The molecular formula is C14H19F2NO4. The van der Waals surface area contributed by atoms with Gasteiger partial charge in [0.05, 0.1) is 7.11 Å². The predicted molar refractivity (Wildman–Crippen MR) is 72.8 cm³/mol. The number of nitrogens with zero attached hydrogens (tertiary/aromatic N) is 1. The lowest BCUT2D eigenvalue weighted by Crippen LogP contribution is -2.47. The van der Waals surface area contributed by atoms with Gasteiger partial charge < -0.3 is 14.6 Å². The number of aliphatic carboxylic acids is 1. The number of carbonyl (C=O) groups is 1. The number of carboxylic acids is 1. The van der Waals surface area contributed by atoms with Gasteiger partial charge in [-0.1, -0.05) is 6.07 Å². The molecule has 0 aliphatic rings. The molecule has 0 aliphatic carbocycles. The highest BCUT2D eigenvalue weighted by Gasteiger charge is 2.32. The number of methoxy groups -OCH3 is 1. The molecular weight excluding hydrogens is 284 g/mol. The fourth-order valence-corrected chi connectivity index (χ4v) is 1.64. The van der Waals surface area contributed by atoms with Crippen molar-refractivity contribution in [2.24, 2.45) is 0 Å². The van der Waals surface area contributed by atoms with Crippen LogP contribution >= 0.6 is 0 Å². The molecule has 1 aromatic rings. The summed E-state index contributed by atoms with van der Waals surface area (Å²) in [6.07, 6.45) is 0. The van der Waals surface area contributed by atoms with Crippen molar-refractivity contribution in [3.8, 4) is 11.5 Å². The van der Waals surface area contributed by atoms with Crippen LogP contribution in [0.25, 0.3) is 0 Å². The van der Waals surface area contributed by atoms with Crippen molar-refractivity contribution >= 4 is 5.97 Å². The minimum atomic E-state index is -2.96. The number of halogens is 2. The summed E-state index contributed by atoms with van der Waals surface area (Å²) >= 11 is 0. The molecule has 118 valence electrons. The molecule has 0 atom stereocenters. The summed E-state index contributed by atoms with van der Waals surface area (Å²) < 4.78 is 34.1. The fourth-order valence-electron chi connectivity index (χ4n) is 1.64. The molecule has 0 amide bonds. The second-order valence-electron chi connectivity index (χ2n) is 5.08. The summed E-state index contributed by atoms with van der Waals surface area (Å²) in [5.41, 5.74) is -0.438. The molecule has 0 radical (unpaired) electrons. The molecule has 0 saturated heterocycles. The van der Waals surface area contributed by atoms with Crippen molar-refractivity contribution < 1.29 is 28.2 Å². The van der Waals surface area contributed by atoms with Crippen LogP contribution in [0.4, 0.5) is 8.78 Å². The van der Waals surface area contributed by atoms with E-state index in [-0.39, 0.29) is 18.0 Å². The van der Waals surface area contributed by atoms with Crippen molar-refractivity contribution in [1.82, 2.24) is 4.90 Å². The van der Waals surface area contributed by atoms with Crippen LogP contribution in [0, 0.1) is 0 Å². The zero-order valence-corrected chi connectivity index (χ0v) is 12.4. The summed E-state index contributed by atoms with van der Waals surface area (Å²) in [6.45, 7) is 0.440. The number of benzene rings is 1. The standard InChI is InChI=1S/C14H19F2NO4/c1-14(2,12(18)19)17(3)8-9-5-6-10(20-4)11(7-9)21-13(15)16/h5-7,13H,8H2,1-4H3,(H,18,19). The van der Waals surface area contributed by atoms with Crippen LogP contribution in [0.3, 0.4) is 0 Å². The Hall–Kier alpha value is -1.89. The van der Waals surface area contributed by atoms with Gasteiger partial charge >= 0.3 is 12.6 Å². The first kappa shape index (κ1) is 17.2. The molecule has 0 heterocycles. The number of hydrogen-bond acceptors (Lipinski definition) is 4. The zero-order chi connectivity index (χ0) is 16.2. The first-order valence-corrected chi connectivity index (χ1v) is 6.25. The van der Waals surface area contributed by atoms with Gasteiger partial charge in [0.25, 0.3) is 0 Å². The lowest BCUT2D eigenvalue weighted by Gasteiger charge is -2.31. The van der Waals surface area contributed by atoms with Crippen molar-refractivity contribution in [2.75, 3.05) is 14.2 Å². The summed E-state index contributed by atoms with van der Waals surface area (Å²) in [4.78, 5) is 12.8. The third-order valence-corrected chi connectivity index (χ3v) is 3.34. The molecule has 1 aromatic carbocycles. The molecule has 0 aromatic heterocycles. The first-order valence-electron chi connectivity index (χ1n) is 6.25. The molecule has 0 bridgehead atoms. The van der Waals surface area contributed by atoms with Gasteiger partial charge in [-0.05, 0) is 38.6 Å². The Morgan fingerprint density at radius 1 is 1.38 bits per heavy atom. The minimum Gasteiger partial charge on any atom is -0.493 e. The maximum Gasteiger partial charge on any atom is 0.387 e. The highest BCUT2D eigenvalue weighted by Crippen LogP contribution is 2.30. The predicted octanol–water partition coefficient (Wildman–Crippen LogP) is 2.59. The Morgan fingerprint density at radius 2 is 2.00 bits per heavy atom. The quantitative estimate of drug-likeness (QED) is 0.839. The number of ether oxygens (including phenoxy) is 2. The van der Waals surface area contributed by atoms with E-state index in [0.717, 1.165) is 0 Å². The maximum atomic E-state index is 12.4. The van der Waals surface area contributed by atoms with E-state index >= 15 is 0 Å². The van der Waals surface area contributed by atoms with Crippen molar-refractivity contribution in [3.63, 3.8) is 0 Å². The molecule has 0 saturated carbocycles. The first-order chi connectivity index (χ1) is 9.68. The third kappa shape index (κ3) is 4.29. The van der Waals surface area contributed by atoms with Crippen LogP contribution < -0.4 is 9.47 Å². The van der Waals surface area contributed by atoms with E-state index in [1.807, 2.05) is 0 Å². The normalized spacial score (nSPS) is 11.8. The van der Waals surface area contributed by atoms with Gasteiger partial charge in [0, 0.05) is 6.54 Å². The largest absolute Gasteiger partial charge is 0.493 e. The van der Waals surface area contributed by atoms with Crippen LogP contribution in [0.5, 0.6) is 11.5 Å². The lowest BCUT2D eigenvalue weighted by molar-refractivity contribution is -0.148. The van der Waals surface area contributed by atoms with Crippen LogP contribution in [-0.4, -0.2) is 42.3 Å². The monoisotopic (exact) mass is 303 g/mol.